The third-order valence-corrected chi connectivity index (χ3v) is 5.82. The molecule has 6 nitrogen and oxygen atoms in total. The molecule has 160 valence electrons. The number of aryl methyl sites for hydroxylation is 1. The van der Waals surface area contributed by atoms with Gasteiger partial charge in [0.25, 0.3) is 5.91 Å². The largest absolute Gasteiger partial charge is 0.496 e. The third-order valence-electron chi connectivity index (χ3n) is 5.82. The molecule has 1 aliphatic heterocycles. The van der Waals surface area contributed by atoms with E-state index in [1.165, 1.54) is 0 Å². The van der Waals surface area contributed by atoms with Crippen molar-refractivity contribution >= 4 is 28.6 Å². The van der Waals surface area contributed by atoms with Gasteiger partial charge in [0.2, 0.25) is 5.95 Å². The van der Waals surface area contributed by atoms with Gasteiger partial charge in [0, 0.05) is 16.9 Å². The van der Waals surface area contributed by atoms with Crippen LogP contribution in [0.5, 0.6) is 5.75 Å². The predicted octanol–water partition coefficient (Wildman–Crippen LogP) is 5.28. The van der Waals surface area contributed by atoms with Crippen LogP contribution in [0, 0.1) is 6.92 Å². The summed E-state index contributed by atoms with van der Waals surface area (Å²) in [5, 5.41) is 6.41. The van der Waals surface area contributed by atoms with Gasteiger partial charge in [-0.3, -0.25) is 9.36 Å². The van der Waals surface area contributed by atoms with Crippen LogP contribution in [0.15, 0.2) is 84.1 Å². The molecular weight excluding hydrogens is 400 g/mol. The van der Waals surface area contributed by atoms with E-state index < -0.39 is 6.04 Å². The van der Waals surface area contributed by atoms with Crippen LogP contribution in [0.1, 0.15) is 24.1 Å². The van der Waals surface area contributed by atoms with Crippen molar-refractivity contribution < 1.29 is 9.53 Å². The van der Waals surface area contributed by atoms with Gasteiger partial charge in [0.1, 0.15) is 5.75 Å². The van der Waals surface area contributed by atoms with Gasteiger partial charge in [-0.05, 0) is 44.2 Å². The highest BCUT2D eigenvalue weighted by Crippen LogP contribution is 2.42. The Hall–Kier alpha value is -4.06. The normalized spacial score (nSPS) is 15.3. The fourth-order valence-electron chi connectivity index (χ4n) is 4.28. The van der Waals surface area contributed by atoms with Crippen molar-refractivity contribution in [2.75, 3.05) is 17.7 Å². The van der Waals surface area contributed by atoms with Crippen molar-refractivity contribution in [3.63, 3.8) is 0 Å². The molecule has 4 aromatic rings. The second-order valence-electron chi connectivity index (χ2n) is 7.92. The fraction of sp³-hybridized carbons (Fsp3) is 0.154. The van der Waals surface area contributed by atoms with Crippen LogP contribution in [0.2, 0.25) is 0 Å². The van der Waals surface area contributed by atoms with E-state index in [9.17, 15) is 4.79 Å². The number of nitrogens with one attached hydrogen (secondary N) is 2. The van der Waals surface area contributed by atoms with Crippen molar-refractivity contribution in [2.45, 2.75) is 19.9 Å². The molecule has 32 heavy (non-hydrogen) atoms. The van der Waals surface area contributed by atoms with Gasteiger partial charge < -0.3 is 15.4 Å². The molecular formula is C26H24N4O2. The van der Waals surface area contributed by atoms with Crippen LogP contribution in [0.4, 0.5) is 11.6 Å². The summed E-state index contributed by atoms with van der Waals surface area (Å²) in [6.07, 6.45) is 0. The molecule has 0 bridgehead atoms. The molecule has 0 spiro atoms. The summed E-state index contributed by atoms with van der Waals surface area (Å²) in [6.45, 7) is 3.93. The van der Waals surface area contributed by atoms with E-state index in [2.05, 4.69) is 15.2 Å². The van der Waals surface area contributed by atoms with Crippen LogP contribution in [0.25, 0.3) is 11.0 Å². The van der Waals surface area contributed by atoms with Crippen LogP contribution < -0.4 is 15.4 Å². The third kappa shape index (κ3) is 3.30. The Morgan fingerprint density at radius 2 is 1.72 bits per heavy atom. The van der Waals surface area contributed by atoms with E-state index in [1.54, 1.807) is 7.11 Å². The second kappa shape index (κ2) is 7.89. The topological polar surface area (TPSA) is 68.2 Å². The Morgan fingerprint density at radius 1 is 1.00 bits per heavy atom. The number of aromatic nitrogens is 2. The summed E-state index contributed by atoms with van der Waals surface area (Å²) in [4.78, 5) is 18.4. The van der Waals surface area contributed by atoms with Crippen LogP contribution >= 0.6 is 0 Å². The zero-order valence-electron chi connectivity index (χ0n) is 18.2. The molecule has 6 heteroatoms. The molecule has 1 atom stereocenters. The average molecular weight is 425 g/mol. The molecule has 1 aliphatic rings. The number of carbonyl (C=O) groups is 1. The minimum absolute atomic E-state index is 0.168. The van der Waals surface area contributed by atoms with E-state index in [0.29, 0.717) is 11.5 Å². The first-order valence-corrected chi connectivity index (χ1v) is 10.5. The number of allylic oxidation sites excluding steroid dienone is 1. The minimum Gasteiger partial charge on any atom is -0.496 e. The number of para-hydroxylation sites is 3. The monoisotopic (exact) mass is 424 g/mol. The molecule has 5 rings (SSSR count). The molecule has 1 aromatic heterocycles. The molecule has 0 fully saturated rings. The number of fused-ring (bicyclic) bond motifs is 3. The first kappa shape index (κ1) is 19.9. The van der Waals surface area contributed by atoms with Gasteiger partial charge in [-0.2, -0.15) is 0 Å². The van der Waals surface area contributed by atoms with Crippen LogP contribution in [-0.2, 0) is 4.79 Å². The van der Waals surface area contributed by atoms with E-state index in [4.69, 9.17) is 9.72 Å². The number of imidazole rings is 1. The van der Waals surface area contributed by atoms with Gasteiger partial charge >= 0.3 is 0 Å². The zero-order valence-corrected chi connectivity index (χ0v) is 18.2. The first-order chi connectivity index (χ1) is 15.6. The van der Waals surface area contributed by atoms with Crippen molar-refractivity contribution in [1.29, 1.82) is 0 Å². The molecule has 2 heterocycles. The highest BCUT2D eigenvalue weighted by molar-refractivity contribution is 6.06. The molecule has 0 radical (unpaired) electrons. The molecule has 0 saturated heterocycles. The van der Waals surface area contributed by atoms with Crippen molar-refractivity contribution in [3.8, 4) is 5.75 Å². The summed E-state index contributed by atoms with van der Waals surface area (Å²) in [7, 11) is 1.65. The van der Waals surface area contributed by atoms with Gasteiger partial charge in [-0.15, -0.1) is 0 Å². The standard InChI is InChI=1S/C26H24N4O2/c1-16-12-14-18(15-13-16)28-25(31)23-17(2)27-26-29-20-9-5-6-10-21(20)30(26)24(23)19-8-4-7-11-22(19)32-3/h4-15,24H,1-3H3,(H,27,29)(H,28,31). The minimum atomic E-state index is -0.403. The Kier molecular flexibility index (Phi) is 4.90. The number of carbonyl (C=O) groups excluding carboxylic acids is 1. The van der Waals surface area contributed by atoms with Crippen LogP contribution in [-0.4, -0.2) is 22.6 Å². The lowest BCUT2D eigenvalue weighted by molar-refractivity contribution is -0.113. The van der Waals surface area contributed by atoms with E-state index in [0.717, 1.165) is 39.3 Å². The quantitative estimate of drug-likeness (QED) is 0.468. The van der Waals surface area contributed by atoms with Gasteiger partial charge in [-0.25, -0.2) is 4.98 Å². The van der Waals surface area contributed by atoms with Crippen LogP contribution in [0.3, 0.4) is 0 Å². The molecule has 1 amide bonds. The van der Waals surface area contributed by atoms with E-state index in [-0.39, 0.29) is 5.91 Å². The maximum atomic E-state index is 13.6. The lowest BCUT2D eigenvalue weighted by Crippen LogP contribution is -2.31. The Bertz CT molecular complexity index is 1350. The number of anilines is 2. The van der Waals surface area contributed by atoms with E-state index >= 15 is 0 Å². The number of amides is 1. The summed E-state index contributed by atoms with van der Waals surface area (Å²) < 4.78 is 7.76. The highest BCUT2D eigenvalue weighted by atomic mass is 16.5. The lowest BCUT2D eigenvalue weighted by Gasteiger charge is -2.31. The molecule has 0 saturated carbocycles. The number of methoxy groups -OCH3 is 1. The number of rotatable bonds is 4. The van der Waals surface area contributed by atoms with Crippen molar-refractivity contribution in [2.24, 2.45) is 0 Å². The number of ether oxygens (including phenoxy) is 1. The summed E-state index contributed by atoms with van der Waals surface area (Å²) in [5.74, 6) is 1.25. The SMILES string of the molecule is COc1ccccc1C1C(C(=O)Nc2ccc(C)cc2)=C(C)Nc2nc3ccccc3n21. The number of nitrogens with zero attached hydrogens (tertiary/aromatic N) is 2. The second-order valence-corrected chi connectivity index (χ2v) is 7.92. The predicted molar refractivity (Wildman–Crippen MR) is 127 cm³/mol. The van der Waals surface area contributed by atoms with Crippen molar-refractivity contribution in [3.05, 3.63) is 95.2 Å². The van der Waals surface area contributed by atoms with E-state index in [1.807, 2.05) is 86.6 Å². The Balaban J connectivity index is 1.68. The lowest BCUT2D eigenvalue weighted by atomic mass is 9.93. The Labute approximate surface area is 186 Å². The smallest absolute Gasteiger partial charge is 0.255 e. The van der Waals surface area contributed by atoms with Gasteiger partial charge in [-0.1, -0.05) is 48.0 Å². The summed E-state index contributed by atoms with van der Waals surface area (Å²) in [5.41, 5.74) is 5.97. The van der Waals surface area contributed by atoms with Gasteiger partial charge in [0.15, 0.2) is 0 Å². The molecule has 0 aliphatic carbocycles. The van der Waals surface area contributed by atoms with Crippen molar-refractivity contribution in [1.82, 2.24) is 9.55 Å². The zero-order chi connectivity index (χ0) is 22.2. The summed E-state index contributed by atoms with van der Waals surface area (Å²) in [6, 6.07) is 23.1. The number of benzene rings is 3. The maximum Gasteiger partial charge on any atom is 0.255 e. The number of hydrogen-bond acceptors (Lipinski definition) is 4. The molecule has 2 N–H and O–H groups in total. The molecule has 3 aromatic carbocycles. The first-order valence-electron chi connectivity index (χ1n) is 10.5. The van der Waals surface area contributed by atoms with Gasteiger partial charge in [0.05, 0.1) is 29.8 Å². The molecule has 1 unspecified atom stereocenters. The number of hydrogen-bond donors (Lipinski definition) is 2. The average Bonchev–Trinajstić information content (AvgIpc) is 3.17. The highest BCUT2D eigenvalue weighted by Gasteiger charge is 2.35. The fourth-order valence-corrected chi connectivity index (χ4v) is 4.28. The Morgan fingerprint density at radius 3 is 2.50 bits per heavy atom. The summed E-state index contributed by atoms with van der Waals surface area (Å²) >= 11 is 0. The maximum absolute atomic E-state index is 13.6.